The van der Waals surface area contributed by atoms with Crippen LogP contribution in [0.25, 0.3) is 0 Å². The standard InChI is InChI=1S/C27H33O10Si.BrH.Mg/c1-29-16-10-19(32-4)25(20(11-16)33-5)38(28,26-21(34-6)12-17(30-2)13-22(26)35-7)27-23(36-8)14-18(31-3)15-24(27)37-9;;/h10-15H,1-9H3;1H;/q-1;;+2/p-1. The summed E-state index contributed by atoms with van der Waals surface area (Å²) in [7, 11) is 8.82. The molecule has 0 atom stereocenters. The average molecular weight is 650 g/mol. The fourth-order valence-electron chi connectivity index (χ4n) is 4.43. The summed E-state index contributed by atoms with van der Waals surface area (Å²) < 4.78 is 50.9. The summed E-state index contributed by atoms with van der Waals surface area (Å²) in [6, 6.07) is 9.76. The molecule has 13 heteroatoms. The van der Waals surface area contributed by atoms with Gasteiger partial charge >= 0.3 is 23.1 Å². The van der Waals surface area contributed by atoms with Crippen LogP contribution in [0.4, 0.5) is 0 Å². The number of hydrogen-bond donors (Lipinski definition) is 0. The maximum Gasteiger partial charge on any atom is 2.00 e. The molecule has 0 fully saturated rings. The van der Waals surface area contributed by atoms with Crippen LogP contribution in [0.2, 0.25) is 0 Å². The number of hydrogen-bond acceptors (Lipinski definition) is 10. The molecule has 0 N–H and O–H groups in total. The van der Waals surface area contributed by atoms with E-state index in [4.69, 9.17) is 42.6 Å². The van der Waals surface area contributed by atoms with Gasteiger partial charge in [-0.2, -0.15) is 0 Å². The SMILES string of the molecule is COc1cc(OC)c([Si]([O-])(c2c(OC)cc(OC)cc2OC)c2c(OC)cc(OC)cc2OC)c(OC)c1.[Br-].[Mg+2]. The van der Waals surface area contributed by atoms with E-state index >= 15 is 4.80 Å². The second-order valence-corrected chi connectivity index (χ2v) is 10.8. The van der Waals surface area contributed by atoms with E-state index in [1.54, 1.807) is 36.4 Å². The normalized spacial score (nSPS) is 10.3. The molecule has 0 aromatic heterocycles. The monoisotopic (exact) mass is 648 g/mol. The summed E-state index contributed by atoms with van der Waals surface area (Å²) in [5.41, 5.74) is 0. The van der Waals surface area contributed by atoms with Crippen molar-refractivity contribution in [3.05, 3.63) is 36.4 Å². The zero-order chi connectivity index (χ0) is 28.0. The number of benzene rings is 3. The number of ether oxygens (including phenoxy) is 9. The van der Waals surface area contributed by atoms with E-state index < -0.39 is 8.32 Å². The Morgan fingerprint density at radius 2 is 0.575 bits per heavy atom. The van der Waals surface area contributed by atoms with Crippen LogP contribution < -0.4 is 80.0 Å². The van der Waals surface area contributed by atoms with Gasteiger partial charge in [-0.25, -0.2) is 0 Å². The van der Waals surface area contributed by atoms with Crippen molar-refractivity contribution in [2.45, 2.75) is 0 Å². The zero-order valence-corrected chi connectivity index (χ0v) is 28.1. The van der Waals surface area contributed by atoms with Crippen LogP contribution >= 0.6 is 0 Å². The van der Waals surface area contributed by atoms with Crippen LogP contribution in [0.5, 0.6) is 51.7 Å². The van der Waals surface area contributed by atoms with Gasteiger partial charge in [0, 0.05) is 52.0 Å². The maximum atomic E-state index is 16.1. The molecule has 3 aromatic rings. The van der Waals surface area contributed by atoms with Crippen LogP contribution in [-0.4, -0.2) is 95.4 Å². The van der Waals surface area contributed by atoms with Gasteiger partial charge in [0.25, 0.3) is 0 Å². The van der Waals surface area contributed by atoms with Crippen molar-refractivity contribution < 1.29 is 64.4 Å². The van der Waals surface area contributed by atoms with E-state index in [9.17, 15) is 0 Å². The minimum atomic E-state index is -4.54. The first-order chi connectivity index (χ1) is 18.3. The Kier molecular flexibility index (Phi) is 13.5. The first-order valence-corrected chi connectivity index (χ1v) is 13.3. The largest absolute Gasteiger partial charge is 2.00 e. The molecule has 0 unspecified atom stereocenters. The summed E-state index contributed by atoms with van der Waals surface area (Å²) in [5, 5.41) is 0.727. The molecule has 3 aromatic carbocycles. The summed E-state index contributed by atoms with van der Waals surface area (Å²) in [5.74, 6) is 2.85. The molecule has 0 aliphatic rings. The minimum absolute atomic E-state index is 0. The molecule has 0 amide bonds. The van der Waals surface area contributed by atoms with Crippen molar-refractivity contribution in [2.24, 2.45) is 0 Å². The van der Waals surface area contributed by atoms with E-state index in [1.165, 1.54) is 64.0 Å². The van der Waals surface area contributed by atoms with Crippen molar-refractivity contribution in [2.75, 3.05) is 64.0 Å². The topological polar surface area (TPSA) is 106 Å². The first-order valence-electron chi connectivity index (χ1n) is 11.4. The fraction of sp³-hybridized carbons (Fsp3) is 0.333. The second kappa shape index (κ2) is 15.3. The van der Waals surface area contributed by atoms with Crippen molar-refractivity contribution in [3.8, 4) is 51.7 Å². The summed E-state index contributed by atoms with van der Waals surface area (Å²) in [6.07, 6.45) is 0. The van der Waals surface area contributed by atoms with Crippen molar-refractivity contribution in [3.63, 3.8) is 0 Å². The van der Waals surface area contributed by atoms with Crippen molar-refractivity contribution in [1.82, 2.24) is 0 Å². The van der Waals surface area contributed by atoms with Gasteiger partial charge in [0.15, 0.2) is 0 Å². The molecule has 0 radical (unpaired) electrons. The molecule has 0 heterocycles. The van der Waals surface area contributed by atoms with E-state index in [0.29, 0.717) is 17.2 Å². The van der Waals surface area contributed by atoms with Gasteiger partial charge in [-0.3, -0.25) is 0 Å². The molecule has 40 heavy (non-hydrogen) atoms. The first kappa shape index (κ1) is 35.3. The molecule has 0 saturated heterocycles. The molecule has 0 saturated carbocycles. The maximum absolute atomic E-state index is 16.1. The Hall–Kier alpha value is -2.72. The Balaban J connectivity index is 0.00000400. The van der Waals surface area contributed by atoms with Gasteiger partial charge in [0.05, 0.1) is 72.3 Å². The van der Waals surface area contributed by atoms with Crippen LogP contribution in [0.3, 0.4) is 0 Å². The quantitative estimate of drug-likeness (QED) is 0.157. The second-order valence-electron chi connectivity index (χ2n) is 7.90. The molecular formula is C27H33BrMgO10Si. The van der Waals surface area contributed by atoms with Crippen LogP contribution in [0.15, 0.2) is 36.4 Å². The number of halogens is 1. The molecule has 0 aliphatic heterocycles. The molecule has 3 rings (SSSR count). The zero-order valence-electron chi connectivity index (χ0n) is 24.1. The molecule has 0 aliphatic carbocycles. The Morgan fingerprint density at radius 1 is 0.400 bits per heavy atom. The van der Waals surface area contributed by atoms with Crippen LogP contribution in [0, 0.1) is 0 Å². The number of methoxy groups -OCH3 is 9. The molecule has 0 spiro atoms. The van der Waals surface area contributed by atoms with Gasteiger partial charge in [-0.1, -0.05) is 0 Å². The number of rotatable bonds is 12. The summed E-state index contributed by atoms with van der Waals surface area (Å²) in [4.78, 5) is 16.1. The van der Waals surface area contributed by atoms with Crippen molar-refractivity contribution in [1.29, 1.82) is 0 Å². The molecule has 0 bridgehead atoms. The smallest absolute Gasteiger partial charge is 1.00 e. The van der Waals surface area contributed by atoms with E-state index in [1.807, 2.05) is 0 Å². The third-order valence-electron chi connectivity index (χ3n) is 6.20. The third-order valence-corrected chi connectivity index (χ3v) is 9.79. The molecule has 214 valence electrons. The van der Waals surface area contributed by atoms with Crippen LogP contribution in [0.1, 0.15) is 0 Å². The predicted octanol–water partition coefficient (Wildman–Crippen LogP) is -2.29. The Morgan fingerprint density at radius 3 is 0.700 bits per heavy atom. The minimum Gasteiger partial charge on any atom is -1.00 e. The van der Waals surface area contributed by atoms with Gasteiger partial charge in [0.2, 0.25) is 0 Å². The van der Waals surface area contributed by atoms with Crippen LogP contribution in [-0.2, 0) is 0 Å². The third kappa shape index (κ3) is 6.28. The fourth-order valence-corrected chi connectivity index (χ4v) is 8.31. The van der Waals surface area contributed by atoms with Gasteiger partial charge < -0.3 is 64.4 Å². The van der Waals surface area contributed by atoms with Gasteiger partial charge in [0.1, 0.15) is 51.7 Å². The predicted molar refractivity (Wildman–Crippen MR) is 149 cm³/mol. The van der Waals surface area contributed by atoms with Gasteiger partial charge in [-0.05, 0) is 0 Å². The van der Waals surface area contributed by atoms with E-state index in [0.717, 1.165) is 0 Å². The summed E-state index contributed by atoms with van der Waals surface area (Å²) >= 11 is 0. The summed E-state index contributed by atoms with van der Waals surface area (Å²) in [6.45, 7) is 0. The molecule has 10 nitrogen and oxygen atoms in total. The molecular weight excluding hydrogens is 617 g/mol. The van der Waals surface area contributed by atoms with E-state index in [-0.39, 0.29) is 90.1 Å². The van der Waals surface area contributed by atoms with Gasteiger partial charge in [-0.15, -0.1) is 0 Å². The Labute approximate surface area is 262 Å². The average Bonchev–Trinajstić information content (AvgIpc) is 2.97. The Bertz CT molecular complexity index is 1060. The van der Waals surface area contributed by atoms with E-state index in [2.05, 4.69) is 0 Å². The van der Waals surface area contributed by atoms with Crippen molar-refractivity contribution >= 4 is 46.9 Å².